The number of aliphatic hydroxyl groups is 1. The SMILES string of the molecule is CC(=O)NC[N+](C)(C)CCO. The molecule has 1 amide bonds. The molecule has 0 spiro atoms. The number of amides is 1. The number of nitrogens with zero attached hydrogens (tertiary/aromatic N) is 1. The summed E-state index contributed by atoms with van der Waals surface area (Å²) in [4.78, 5) is 10.5. The molecule has 11 heavy (non-hydrogen) atoms. The fourth-order valence-electron chi connectivity index (χ4n) is 0.675. The number of nitrogens with one attached hydrogen (secondary N) is 1. The summed E-state index contributed by atoms with van der Waals surface area (Å²) in [6.07, 6.45) is 0. The molecule has 0 atom stereocenters. The van der Waals surface area contributed by atoms with E-state index in [4.69, 9.17) is 5.11 Å². The van der Waals surface area contributed by atoms with Crippen molar-refractivity contribution in [3.8, 4) is 0 Å². The predicted molar refractivity (Wildman–Crippen MR) is 42.7 cm³/mol. The molecule has 0 unspecified atom stereocenters. The highest BCUT2D eigenvalue weighted by Gasteiger charge is 2.13. The summed E-state index contributed by atoms with van der Waals surface area (Å²) in [6.45, 7) is 2.85. The van der Waals surface area contributed by atoms with Crippen molar-refractivity contribution in [2.45, 2.75) is 6.92 Å². The molecule has 0 aromatic heterocycles. The van der Waals surface area contributed by atoms with Crippen LogP contribution in [0.1, 0.15) is 6.92 Å². The molecule has 0 heterocycles. The maximum absolute atomic E-state index is 10.5. The lowest BCUT2D eigenvalue weighted by atomic mass is 10.5. The molecule has 0 aromatic carbocycles. The second kappa shape index (κ2) is 4.31. The second-order valence-electron chi connectivity index (χ2n) is 3.27. The van der Waals surface area contributed by atoms with Crippen LogP contribution in [0, 0.1) is 0 Å². The summed E-state index contributed by atoms with van der Waals surface area (Å²) in [5.74, 6) is -0.0332. The van der Waals surface area contributed by atoms with E-state index < -0.39 is 0 Å². The van der Waals surface area contributed by atoms with E-state index in [2.05, 4.69) is 5.32 Å². The van der Waals surface area contributed by atoms with E-state index in [1.807, 2.05) is 14.1 Å². The average molecular weight is 161 g/mol. The molecule has 4 heteroatoms. The van der Waals surface area contributed by atoms with E-state index in [-0.39, 0.29) is 12.5 Å². The molecule has 0 radical (unpaired) electrons. The zero-order valence-electron chi connectivity index (χ0n) is 7.42. The molecule has 0 rings (SSSR count). The van der Waals surface area contributed by atoms with Crippen LogP contribution < -0.4 is 5.32 Å². The van der Waals surface area contributed by atoms with E-state index in [1.165, 1.54) is 6.92 Å². The van der Waals surface area contributed by atoms with E-state index in [0.29, 0.717) is 17.7 Å². The third kappa shape index (κ3) is 5.82. The zero-order valence-corrected chi connectivity index (χ0v) is 7.42. The maximum atomic E-state index is 10.5. The zero-order chi connectivity index (χ0) is 8.91. The largest absolute Gasteiger partial charge is 0.391 e. The van der Waals surface area contributed by atoms with Crippen LogP contribution >= 0.6 is 0 Å². The van der Waals surface area contributed by atoms with E-state index in [9.17, 15) is 4.79 Å². The van der Waals surface area contributed by atoms with Crippen molar-refractivity contribution in [3.63, 3.8) is 0 Å². The van der Waals surface area contributed by atoms with Gasteiger partial charge in [0.15, 0.2) is 6.67 Å². The highest BCUT2D eigenvalue weighted by molar-refractivity contribution is 5.72. The number of quaternary nitrogens is 1. The van der Waals surface area contributed by atoms with Gasteiger partial charge in [-0.3, -0.25) is 4.79 Å². The Balaban J connectivity index is 3.63. The molecule has 0 aliphatic carbocycles. The van der Waals surface area contributed by atoms with Crippen molar-refractivity contribution in [1.82, 2.24) is 5.32 Å². The molecular weight excluding hydrogens is 144 g/mol. The van der Waals surface area contributed by atoms with Crippen molar-refractivity contribution < 1.29 is 14.4 Å². The van der Waals surface area contributed by atoms with E-state index in [0.717, 1.165) is 0 Å². The molecule has 0 aromatic rings. The molecule has 0 bridgehead atoms. The van der Waals surface area contributed by atoms with Crippen molar-refractivity contribution >= 4 is 5.91 Å². The van der Waals surface area contributed by atoms with Gasteiger partial charge in [0.25, 0.3) is 0 Å². The van der Waals surface area contributed by atoms with Crippen molar-refractivity contribution in [1.29, 1.82) is 0 Å². The van der Waals surface area contributed by atoms with Gasteiger partial charge in [0.2, 0.25) is 5.91 Å². The fraction of sp³-hybridized carbons (Fsp3) is 0.857. The van der Waals surface area contributed by atoms with Gasteiger partial charge >= 0.3 is 0 Å². The molecular formula is C7H17N2O2+. The Bertz CT molecular complexity index is 134. The quantitative estimate of drug-likeness (QED) is 0.417. The first-order valence-corrected chi connectivity index (χ1v) is 3.65. The maximum Gasteiger partial charge on any atom is 0.221 e. The Morgan fingerprint density at radius 3 is 2.45 bits per heavy atom. The van der Waals surface area contributed by atoms with E-state index in [1.54, 1.807) is 0 Å². The molecule has 0 saturated heterocycles. The highest BCUT2D eigenvalue weighted by atomic mass is 16.3. The molecule has 4 nitrogen and oxygen atoms in total. The van der Waals surface area contributed by atoms with Gasteiger partial charge in [-0.25, -0.2) is 0 Å². The van der Waals surface area contributed by atoms with Crippen LogP contribution in [0.2, 0.25) is 0 Å². The van der Waals surface area contributed by atoms with Crippen LogP contribution in [0.3, 0.4) is 0 Å². The van der Waals surface area contributed by atoms with Gasteiger partial charge in [0.05, 0.1) is 20.7 Å². The van der Waals surface area contributed by atoms with Gasteiger partial charge in [0.1, 0.15) is 6.54 Å². The number of carbonyl (C=O) groups is 1. The smallest absolute Gasteiger partial charge is 0.221 e. The lowest BCUT2D eigenvalue weighted by Crippen LogP contribution is -2.49. The Morgan fingerprint density at radius 2 is 2.09 bits per heavy atom. The molecule has 2 N–H and O–H groups in total. The van der Waals surface area contributed by atoms with E-state index >= 15 is 0 Å². The van der Waals surface area contributed by atoms with Gasteiger partial charge in [-0.1, -0.05) is 0 Å². The number of hydrogen-bond donors (Lipinski definition) is 2. The third-order valence-electron chi connectivity index (χ3n) is 1.46. The predicted octanol–water partition coefficient (Wildman–Crippen LogP) is -0.851. The first-order valence-electron chi connectivity index (χ1n) is 3.65. The van der Waals surface area contributed by atoms with Crippen molar-refractivity contribution in [2.24, 2.45) is 0 Å². The van der Waals surface area contributed by atoms with Crippen LogP contribution in [0.5, 0.6) is 0 Å². The minimum Gasteiger partial charge on any atom is -0.391 e. The van der Waals surface area contributed by atoms with Crippen molar-refractivity contribution in [3.05, 3.63) is 0 Å². The molecule has 0 fully saturated rings. The van der Waals surface area contributed by atoms with Crippen LogP contribution in [-0.2, 0) is 4.79 Å². The average Bonchev–Trinajstić information content (AvgIpc) is 1.84. The Labute approximate surface area is 67.4 Å². The number of aliphatic hydroxyl groups excluding tert-OH is 1. The summed E-state index contributed by atoms with van der Waals surface area (Å²) in [6, 6.07) is 0. The Morgan fingerprint density at radius 1 is 1.55 bits per heavy atom. The number of likely N-dealkylation sites (N-methyl/N-ethyl adjacent to an activating group) is 1. The number of hydrogen-bond acceptors (Lipinski definition) is 2. The summed E-state index contributed by atoms with van der Waals surface area (Å²) < 4.78 is 0.607. The number of carbonyl (C=O) groups excluding carboxylic acids is 1. The Kier molecular flexibility index (Phi) is 4.07. The third-order valence-corrected chi connectivity index (χ3v) is 1.46. The molecule has 0 aliphatic rings. The van der Waals surface area contributed by atoms with Crippen LogP contribution in [0.25, 0.3) is 0 Å². The molecule has 0 aliphatic heterocycles. The lowest BCUT2D eigenvalue weighted by molar-refractivity contribution is -0.892. The van der Waals surface area contributed by atoms with Gasteiger partial charge in [-0.2, -0.15) is 0 Å². The van der Waals surface area contributed by atoms with Crippen LogP contribution in [-0.4, -0.2) is 49.4 Å². The summed E-state index contributed by atoms with van der Waals surface area (Å²) in [5, 5.41) is 11.3. The standard InChI is InChI=1S/C7H16N2O2/c1-7(11)8-6-9(2,3)4-5-10/h10H,4-6H2,1-3H3/p+1. The van der Waals surface area contributed by atoms with Crippen molar-refractivity contribution in [2.75, 3.05) is 33.9 Å². The first kappa shape index (κ1) is 10.4. The highest BCUT2D eigenvalue weighted by Crippen LogP contribution is 1.91. The summed E-state index contributed by atoms with van der Waals surface area (Å²) >= 11 is 0. The topological polar surface area (TPSA) is 49.3 Å². The van der Waals surface area contributed by atoms with Gasteiger partial charge in [-0.05, 0) is 0 Å². The molecule has 0 saturated carbocycles. The second-order valence-corrected chi connectivity index (χ2v) is 3.27. The fourth-order valence-corrected chi connectivity index (χ4v) is 0.675. The molecule has 66 valence electrons. The van der Waals surface area contributed by atoms with Crippen LogP contribution in [0.4, 0.5) is 0 Å². The summed E-state index contributed by atoms with van der Waals surface area (Å²) in [5.41, 5.74) is 0. The van der Waals surface area contributed by atoms with Gasteiger partial charge < -0.3 is 14.9 Å². The van der Waals surface area contributed by atoms with Gasteiger partial charge in [-0.15, -0.1) is 0 Å². The number of rotatable bonds is 4. The normalized spacial score (nSPS) is 11.3. The first-order chi connectivity index (χ1) is 4.98. The monoisotopic (exact) mass is 161 g/mol. The Hall–Kier alpha value is -0.610. The minimum atomic E-state index is -0.0332. The lowest BCUT2D eigenvalue weighted by Gasteiger charge is -2.28. The van der Waals surface area contributed by atoms with Crippen LogP contribution in [0.15, 0.2) is 0 Å². The summed E-state index contributed by atoms with van der Waals surface area (Å²) in [7, 11) is 3.90. The minimum absolute atomic E-state index is 0.0332. The van der Waals surface area contributed by atoms with Gasteiger partial charge in [0, 0.05) is 6.92 Å².